The summed E-state index contributed by atoms with van der Waals surface area (Å²) in [4.78, 5) is 32.7. The number of rotatable bonds is 3. The summed E-state index contributed by atoms with van der Waals surface area (Å²) in [5, 5.41) is 4.85. The summed E-state index contributed by atoms with van der Waals surface area (Å²) in [7, 11) is 1.66. The fourth-order valence-electron chi connectivity index (χ4n) is 4.32. The van der Waals surface area contributed by atoms with Gasteiger partial charge in [-0.1, -0.05) is 24.3 Å². The largest absolute Gasteiger partial charge is 0.354 e. The molecule has 1 fully saturated rings. The lowest BCUT2D eigenvalue weighted by Gasteiger charge is -2.17. The number of carbonyl (C=O) groups excluding carboxylic acids is 2. The Morgan fingerprint density at radius 3 is 2.87 bits per heavy atom. The number of pyridine rings is 1. The Morgan fingerprint density at radius 2 is 2.00 bits per heavy atom. The highest BCUT2D eigenvalue weighted by molar-refractivity contribution is 7.21. The smallest absolute Gasteiger partial charge is 0.261 e. The summed E-state index contributed by atoms with van der Waals surface area (Å²) in [5.41, 5.74) is 2.64. The Kier molecular flexibility index (Phi) is 4.71. The molecule has 150 valence electrons. The molecular formula is C24H21N3O2S. The maximum atomic E-state index is 13.2. The number of benzene rings is 2. The average Bonchev–Trinajstić information content (AvgIpc) is 3.42. The number of hydrogen-bond donors (Lipinski definition) is 1. The van der Waals surface area contributed by atoms with Gasteiger partial charge in [0.05, 0.1) is 10.4 Å². The van der Waals surface area contributed by atoms with Crippen molar-refractivity contribution in [2.24, 2.45) is 0 Å². The van der Waals surface area contributed by atoms with Gasteiger partial charge in [0.2, 0.25) is 0 Å². The van der Waals surface area contributed by atoms with Gasteiger partial charge in [-0.25, -0.2) is 0 Å². The lowest BCUT2D eigenvalue weighted by atomic mass is 9.95. The second-order valence-corrected chi connectivity index (χ2v) is 8.62. The van der Waals surface area contributed by atoms with Crippen molar-refractivity contribution in [3.8, 4) is 0 Å². The number of nitrogens with zero attached hydrogens (tertiary/aromatic N) is 2. The predicted molar refractivity (Wildman–Crippen MR) is 120 cm³/mol. The van der Waals surface area contributed by atoms with Crippen LogP contribution in [0.5, 0.6) is 0 Å². The van der Waals surface area contributed by atoms with Crippen LogP contribution in [0.15, 0.2) is 60.8 Å². The number of nitrogens with one attached hydrogen (secondary N) is 1. The van der Waals surface area contributed by atoms with Gasteiger partial charge >= 0.3 is 0 Å². The third kappa shape index (κ3) is 3.13. The Bertz CT molecular complexity index is 1280. The van der Waals surface area contributed by atoms with Crippen molar-refractivity contribution in [3.63, 3.8) is 0 Å². The van der Waals surface area contributed by atoms with Gasteiger partial charge in [-0.2, -0.15) is 0 Å². The van der Waals surface area contributed by atoms with Crippen LogP contribution in [0.4, 0.5) is 0 Å². The SMILES string of the molecule is CNC(=O)c1sc2ccccc2c1[C@@H]1CCN(C(=O)c2ccc3ncccc3c2)C1. The summed E-state index contributed by atoms with van der Waals surface area (Å²) in [6, 6.07) is 17.6. The third-order valence-corrected chi connectivity index (χ3v) is 6.99. The van der Waals surface area contributed by atoms with E-state index >= 15 is 0 Å². The molecular weight excluding hydrogens is 394 g/mol. The van der Waals surface area contributed by atoms with E-state index in [1.165, 1.54) is 11.3 Å². The molecule has 2 aromatic carbocycles. The molecule has 1 N–H and O–H groups in total. The van der Waals surface area contributed by atoms with Crippen molar-refractivity contribution in [3.05, 3.63) is 76.8 Å². The molecule has 0 spiro atoms. The van der Waals surface area contributed by atoms with E-state index < -0.39 is 0 Å². The van der Waals surface area contributed by atoms with Crippen molar-refractivity contribution in [2.45, 2.75) is 12.3 Å². The first-order chi connectivity index (χ1) is 14.7. The van der Waals surface area contributed by atoms with Crippen LogP contribution < -0.4 is 5.32 Å². The number of thiophene rings is 1. The van der Waals surface area contributed by atoms with E-state index in [0.717, 1.165) is 37.9 Å². The molecule has 3 heterocycles. The van der Waals surface area contributed by atoms with Crippen molar-refractivity contribution < 1.29 is 9.59 Å². The molecule has 0 radical (unpaired) electrons. The summed E-state index contributed by atoms with van der Waals surface area (Å²) < 4.78 is 1.11. The maximum absolute atomic E-state index is 13.2. The van der Waals surface area contributed by atoms with Gasteiger partial charge in [-0.05, 0) is 47.7 Å². The topological polar surface area (TPSA) is 62.3 Å². The van der Waals surface area contributed by atoms with Crippen molar-refractivity contribution in [1.82, 2.24) is 15.2 Å². The number of hydrogen-bond acceptors (Lipinski definition) is 4. The van der Waals surface area contributed by atoms with Crippen LogP contribution in [-0.4, -0.2) is 41.8 Å². The molecule has 0 bridgehead atoms. The molecule has 1 saturated heterocycles. The Labute approximate surface area is 178 Å². The Balaban J connectivity index is 1.45. The number of carbonyl (C=O) groups is 2. The monoisotopic (exact) mass is 415 g/mol. The molecule has 1 aliphatic rings. The molecule has 5 nitrogen and oxygen atoms in total. The van der Waals surface area contributed by atoms with Crippen LogP contribution in [0, 0.1) is 0 Å². The van der Waals surface area contributed by atoms with Crippen molar-refractivity contribution in [2.75, 3.05) is 20.1 Å². The zero-order chi connectivity index (χ0) is 20.7. The molecule has 0 unspecified atom stereocenters. The Morgan fingerprint density at radius 1 is 1.13 bits per heavy atom. The van der Waals surface area contributed by atoms with Crippen molar-refractivity contribution >= 4 is 44.1 Å². The average molecular weight is 416 g/mol. The first kappa shape index (κ1) is 18.8. The van der Waals surface area contributed by atoms with Gasteiger partial charge in [0.15, 0.2) is 0 Å². The number of fused-ring (bicyclic) bond motifs is 2. The highest BCUT2D eigenvalue weighted by Crippen LogP contribution is 2.40. The van der Waals surface area contributed by atoms with E-state index in [4.69, 9.17) is 0 Å². The molecule has 1 atom stereocenters. The molecule has 0 aliphatic carbocycles. The van der Waals surface area contributed by atoms with Crippen LogP contribution in [0.2, 0.25) is 0 Å². The van der Waals surface area contributed by atoms with Gasteiger partial charge in [0, 0.05) is 47.9 Å². The summed E-state index contributed by atoms with van der Waals surface area (Å²) in [6.07, 6.45) is 2.61. The summed E-state index contributed by atoms with van der Waals surface area (Å²) in [6.45, 7) is 1.31. The molecule has 30 heavy (non-hydrogen) atoms. The number of likely N-dealkylation sites (tertiary alicyclic amines) is 1. The zero-order valence-corrected chi connectivity index (χ0v) is 17.4. The molecule has 1 aliphatic heterocycles. The number of aromatic nitrogens is 1. The highest BCUT2D eigenvalue weighted by atomic mass is 32.1. The molecule has 6 heteroatoms. The van der Waals surface area contributed by atoms with Gasteiger partial charge in [0.1, 0.15) is 0 Å². The van der Waals surface area contributed by atoms with E-state index in [1.807, 2.05) is 47.4 Å². The minimum absolute atomic E-state index is 0.0317. The van der Waals surface area contributed by atoms with E-state index in [0.29, 0.717) is 18.7 Å². The first-order valence-corrected chi connectivity index (χ1v) is 10.8. The second-order valence-electron chi connectivity index (χ2n) is 7.57. The number of amides is 2. The molecule has 2 aromatic heterocycles. The third-order valence-electron chi connectivity index (χ3n) is 5.80. The van der Waals surface area contributed by atoms with Gasteiger partial charge in [0.25, 0.3) is 11.8 Å². The molecule has 2 amide bonds. The van der Waals surface area contributed by atoms with Crippen LogP contribution in [-0.2, 0) is 0 Å². The molecule has 4 aromatic rings. The van der Waals surface area contributed by atoms with E-state index in [9.17, 15) is 9.59 Å². The standard InChI is InChI=1S/C24H21N3O2S/c1-25-23(28)22-21(18-6-2-3-7-20(18)30-22)17-10-12-27(14-17)24(29)16-8-9-19-15(13-16)5-4-11-26-19/h2-9,11,13,17H,10,12,14H2,1H3,(H,25,28)/t17-/m1/s1. The Hall–Kier alpha value is -3.25. The van der Waals surface area contributed by atoms with Crippen LogP contribution >= 0.6 is 11.3 Å². The second kappa shape index (κ2) is 7.54. The summed E-state index contributed by atoms with van der Waals surface area (Å²) in [5.74, 6) is 0.127. The van der Waals surface area contributed by atoms with Gasteiger partial charge in [-0.3, -0.25) is 14.6 Å². The maximum Gasteiger partial charge on any atom is 0.261 e. The zero-order valence-electron chi connectivity index (χ0n) is 16.6. The quantitative estimate of drug-likeness (QED) is 0.538. The highest BCUT2D eigenvalue weighted by Gasteiger charge is 2.32. The van der Waals surface area contributed by atoms with Crippen LogP contribution in [0.1, 0.15) is 37.9 Å². The van der Waals surface area contributed by atoms with E-state index in [1.54, 1.807) is 13.2 Å². The van der Waals surface area contributed by atoms with E-state index in [2.05, 4.69) is 22.4 Å². The molecule has 5 rings (SSSR count). The normalized spacial score (nSPS) is 16.3. The fraction of sp³-hybridized carbons (Fsp3) is 0.208. The molecule has 0 saturated carbocycles. The lowest BCUT2D eigenvalue weighted by Crippen LogP contribution is -2.28. The first-order valence-electron chi connectivity index (χ1n) is 10.0. The minimum atomic E-state index is -0.0574. The lowest BCUT2D eigenvalue weighted by molar-refractivity contribution is 0.0791. The summed E-state index contributed by atoms with van der Waals surface area (Å²) >= 11 is 1.53. The van der Waals surface area contributed by atoms with Gasteiger partial charge < -0.3 is 10.2 Å². The van der Waals surface area contributed by atoms with Gasteiger partial charge in [-0.15, -0.1) is 11.3 Å². The fourth-order valence-corrected chi connectivity index (χ4v) is 5.56. The minimum Gasteiger partial charge on any atom is -0.354 e. The van der Waals surface area contributed by atoms with Crippen molar-refractivity contribution in [1.29, 1.82) is 0 Å². The van der Waals surface area contributed by atoms with Crippen LogP contribution in [0.3, 0.4) is 0 Å². The van der Waals surface area contributed by atoms with Crippen LogP contribution in [0.25, 0.3) is 21.0 Å². The van der Waals surface area contributed by atoms with E-state index in [-0.39, 0.29) is 17.7 Å². The predicted octanol–water partition coefficient (Wildman–Crippen LogP) is 4.44.